The molecule has 0 spiro atoms. The highest BCUT2D eigenvalue weighted by atomic mass is 32.2. The molecule has 0 unspecified atom stereocenters. The van der Waals surface area contributed by atoms with Crippen LogP contribution in [-0.4, -0.2) is 52.0 Å². The van der Waals surface area contributed by atoms with E-state index in [4.69, 9.17) is 4.74 Å². The van der Waals surface area contributed by atoms with Crippen LogP contribution in [-0.2, 0) is 41.5 Å². The lowest BCUT2D eigenvalue weighted by atomic mass is 10.1. The smallest absolute Gasteiger partial charge is 0.339 e. The maximum atomic E-state index is 11.9. The Balaban J connectivity index is 2.97. The van der Waals surface area contributed by atoms with Gasteiger partial charge >= 0.3 is 11.9 Å². The van der Waals surface area contributed by atoms with E-state index in [0.717, 1.165) is 6.26 Å². The molecule has 8 nitrogen and oxygen atoms in total. The van der Waals surface area contributed by atoms with E-state index in [1.54, 1.807) is 17.7 Å². The molecule has 0 aliphatic rings. The fourth-order valence-corrected chi connectivity index (χ4v) is 2.59. The first kappa shape index (κ1) is 19.2. The summed E-state index contributed by atoms with van der Waals surface area (Å²) in [6.45, 7) is 2.14. The van der Waals surface area contributed by atoms with Gasteiger partial charge in [0.25, 0.3) is 10.1 Å². The van der Waals surface area contributed by atoms with Crippen molar-refractivity contribution in [2.24, 2.45) is 0 Å². The van der Waals surface area contributed by atoms with Gasteiger partial charge in [-0.05, 0) is 18.9 Å². The molecule has 1 aromatic rings. The van der Waals surface area contributed by atoms with Gasteiger partial charge in [-0.2, -0.15) is 8.42 Å². The van der Waals surface area contributed by atoms with Crippen LogP contribution in [0.15, 0.2) is 6.20 Å². The van der Waals surface area contributed by atoms with Gasteiger partial charge in [-0.1, -0.05) is 0 Å². The average Bonchev–Trinajstić information content (AvgIpc) is 2.77. The molecule has 0 amide bonds. The van der Waals surface area contributed by atoms with E-state index in [9.17, 15) is 18.0 Å². The SMILES string of the molecule is COC(=O)Cc1c(C(=O)OC)c(C)cn1CCCOS(C)(=O)=O. The largest absolute Gasteiger partial charge is 0.469 e. The molecule has 0 radical (unpaired) electrons. The summed E-state index contributed by atoms with van der Waals surface area (Å²) < 4.78 is 37.6. The van der Waals surface area contributed by atoms with Crippen LogP contribution >= 0.6 is 0 Å². The van der Waals surface area contributed by atoms with Gasteiger partial charge in [0.1, 0.15) is 0 Å². The number of methoxy groups -OCH3 is 2. The number of aromatic nitrogens is 1. The number of aryl methyl sites for hydroxylation is 2. The average molecular weight is 347 g/mol. The van der Waals surface area contributed by atoms with Gasteiger partial charge in [0.05, 0.1) is 39.1 Å². The molecular formula is C14H21NO7S. The van der Waals surface area contributed by atoms with Crippen LogP contribution in [0.3, 0.4) is 0 Å². The van der Waals surface area contributed by atoms with E-state index in [1.165, 1.54) is 14.2 Å². The molecule has 1 rings (SSSR count). The molecule has 1 aromatic heterocycles. The minimum atomic E-state index is -3.49. The summed E-state index contributed by atoms with van der Waals surface area (Å²) in [5, 5.41) is 0. The summed E-state index contributed by atoms with van der Waals surface area (Å²) in [7, 11) is -0.960. The molecule has 23 heavy (non-hydrogen) atoms. The van der Waals surface area contributed by atoms with Crippen molar-refractivity contribution >= 4 is 22.1 Å². The second-order valence-electron chi connectivity index (χ2n) is 4.95. The molecule has 0 atom stereocenters. The van der Waals surface area contributed by atoms with Crippen molar-refractivity contribution in [3.05, 3.63) is 23.0 Å². The van der Waals surface area contributed by atoms with E-state index in [0.29, 0.717) is 29.8 Å². The summed E-state index contributed by atoms with van der Waals surface area (Å²) in [5.41, 5.74) is 1.46. The highest BCUT2D eigenvalue weighted by Gasteiger charge is 2.22. The number of nitrogens with zero attached hydrogens (tertiary/aromatic N) is 1. The molecule has 0 bridgehead atoms. The van der Waals surface area contributed by atoms with Gasteiger partial charge in [0.2, 0.25) is 0 Å². The lowest BCUT2D eigenvalue weighted by Gasteiger charge is -2.10. The standard InChI is InChI=1S/C14H21NO7S/c1-10-9-15(6-5-7-22-23(4,18)19)11(8-12(16)20-2)13(10)14(17)21-3/h9H,5-8H2,1-4H3. The third-order valence-electron chi connectivity index (χ3n) is 3.15. The maximum Gasteiger partial charge on any atom is 0.339 e. The molecule has 0 saturated carbocycles. The predicted octanol–water partition coefficient (Wildman–Crippen LogP) is 0.665. The summed E-state index contributed by atoms with van der Waals surface area (Å²) >= 11 is 0. The quantitative estimate of drug-likeness (QED) is 0.387. The van der Waals surface area contributed by atoms with Crippen molar-refractivity contribution in [2.75, 3.05) is 27.1 Å². The number of hydrogen-bond acceptors (Lipinski definition) is 7. The van der Waals surface area contributed by atoms with Gasteiger partial charge in [-0.3, -0.25) is 8.98 Å². The Morgan fingerprint density at radius 2 is 1.87 bits per heavy atom. The molecule has 0 aliphatic heterocycles. The molecule has 0 aliphatic carbocycles. The van der Waals surface area contributed by atoms with Gasteiger partial charge in [0, 0.05) is 18.4 Å². The highest BCUT2D eigenvalue weighted by molar-refractivity contribution is 7.85. The Morgan fingerprint density at radius 1 is 1.22 bits per heavy atom. The third kappa shape index (κ3) is 5.68. The number of carbonyl (C=O) groups is 2. The molecule has 1 heterocycles. The summed E-state index contributed by atoms with van der Waals surface area (Å²) in [5.74, 6) is -1.02. The van der Waals surface area contributed by atoms with Crippen LogP contribution < -0.4 is 0 Å². The van der Waals surface area contributed by atoms with Crippen LogP contribution in [0.1, 0.15) is 28.0 Å². The van der Waals surface area contributed by atoms with Crippen molar-refractivity contribution in [1.29, 1.82) is 0 Å². The van der Waals surface area contributed by atoms with Gasteiger partial charge in [0.15, 0.2) is 0 Å². The van der Waals surface area contributed by atoms with E-state index >= 15 is 0 Å². The third-order valence-corrected chi connectivity index (χ3v) is 3.74. The Labute approximate surface area is 135 Å². The highest BCUT2D eigenvalue weighted by Crippen LogP contribution is 2.20. The van der Waals surface area contributed by atoms with Crippen LogP contribution in [0.25, 0.3) is 0 Å². The summed E-state index contributed by atoms with van der Waals surface area (Å²) in [6.07, 6.45) is 3.01. The molecule has 0 N–H and O–H groups in total. The molecule has 0 saturated heterocycles. The number of rotatable bonds is 8. The Hall–Kier alpha value is -1.87. The van der Waals surface area contributed by atoms with Crippen molar-refractivity contribution in [1.82, 2.24) is 4.57 Å². The van der Waals surface area contributed by atoms with Crippen molar-refractivity contribution in [3.8, 4) is 0 Å². The zero-order valence-electron chi connectivity index (χ0n) is 13.6. The summed E-state index contributed by atoms with van der Waals surface area (Å²) in [4.78, 5) is 23.5. The van der Waals surface area contributed by atoms with Crippen molar-refractivity contribution in [3.63, 3.8) is 0 Å². The second-order valence-corrected chi connectivity index (χ2v) is 6.60. The van der Waals surface area contributed by atoms with E-state index in [1.807, 2.05) is 0 Å². The number of esters is 2. The lowest BCUT2D eigenvalue weighted by Crippen LogP contribution is -2.15. The van der Waals surface area contributed by atoms with E-state index < -0.39 is 22.1 Å². The zero-order chi connectivity index (χ0) is 17.6. The Morgan fingerprint density at radius 3 is 2.39 bits per heavy atom. The topological polar surface area (TPSA) is 101 Å². The summed E-state index contributed by atoms with van der Waals surface area (Å²) in [6, 6.07) is 0. The monoisotopic (exact) mass is 347 g/mol. The first-order valence-corrected chi connectivity index (χ1v) is 8.69. The minimum Gasteiger partial charge on any atom is -0.469 e. The Bertz CT molecular complexity index is 676. The first-order valence-electron chi connectivity index (χ1n) is 6.87. The van der Waals surface area contributed by atoms with Crippen LogP contribution in [0.4, 0.5) is 0 Å². The molecule has 9 heteroatoms. The number of carbonyl (C=O) groups excluding carboxylic acids is 2. The molecule has 130 valence electrons. The van der Waals surface area contributed by atoms with Crippen LogP contribution in [0.5, 0.6) is 0 Å². The lowest BCUT2D eigenvalue weighted by molar-refractivity contribution is -0.139. The minimum absolute atomic E-state index is 0.0152. The van der Waals surface area contributed by atoms with Gasteiger partial charge < -0.3 is 14.0 Å². The zero-order valence-corrected chi connectivity index (χ0v) is 14.4. The van der Waals surface area contributed by atoms with Crippen LogP contribution in [0.2, 0.25) is 0 Å². The first-order chi connectivity index (χ1) is 10.7. The van der Waals surface area contributed by atoms with Crippen molar-refractivity contribution in [2.45, 2.75) is 26.3 Å². The Kier molecular flexibility index (Phi) is 6.77. The molecule has 0 aromatic carbocycles. The number of hydrogen-bond donors (Lipinski definition) is 0. The van der Waals surface area contributed by atoms with Gasteiger partial charge in [-0.25, -0.2) is 4.79 Å². The molecular weight excluding hydrogens is 326 g/mol. The van der Waals surface area contributed by atoms with E-state index in [-0.39, 0.29) is 13.0 Å². The van der Waals surface area contributed by atoms with Crippen molar-refractivity contribution < 1.29 is 31.7 Å². The normalized spacial score (nSPS) is 11.3. The maximum absolute atomic E-state index is 11.9. The molecule has 0 fully saturated rings. The fraction of sp³-hybridized carbons (Fsp3) is 0.571. The van der Waals surface area contributed by atoms with E-state index in [2.05, 4.69) is 8.92 Å². The fourth-order valence-electron chi connectivity index (χ4n) is 2.17. The van der Waals surface area contributed by atoms with Crippen LogP contribution in [0, 0.1) is 6.92 Å². The predicted molar refractivity (Wildman–Crippen MR) is 81.6 cm³/mol. The van der Waals surface area contributed by atoms with Gasteiger partial charge in [-0.15, -0.1) is 0 Å². The number of ether oxygens (including phenoxy) is 2. The second kappa shape index (κ2) is 8.11.